The second kappa shape index (κ2) is 7.38. The molecule has 0 aliphatic carbocycles. The van der Waals surface area contributed by atoms with Gasteiger partial charge in [0.05, 0.1) is 17.8 Å². The molecular formula is C18H21N5O2. The highest BCUT2D eigenvalue weighted by Crippen LogP contribution is 2.20. The van der Waals surface area contributed by atoms with Crippen LogP contribution in [0.5, 0.6) is 0 Å². The van der Waals surface area contributed by atoms with Crippen LogP contribution in [0.1, 0.15) is 36.3 Å². The third-order valence-corrected chi connectivity index (χ3v) is 3.95. The summed E-state index contributed by atoms with van der Waals surface area (Å²) in [5, 5.41) is 2.82. The van der Waals surface area contributed by atoms with Crippen molar-refractivity contribution in [1.82, 2.24) is 25.2 Å². The maximum Gasteiger partial charge on any atom is 0.257 e. The van der Waals surface area contributed by atoms with Gasteiger partial charge in [-0.1, -0.05) is 0 Å². The van der Waals surface area contributed by atoms with Gasteiger partial charge in [-0.15, -0.1) is 0 Å². The average Bonchev–Trinajstić information content (AvgIpc) is 2.74. The summed E-state index contributed by atoms with van der Waals surface area (Å²) in [4.78, 5) is 39.2. The van der Waals surface area contributed by atoms with Crippen molar-refractivity contribution in [2.75, 3.05) is 13.1 Å². The lowest BCUT2D eigenvalue weighted by Gasteiger charge is -2.21. The molecule has 2 aromatic rings. The third-order valence-electron chi connectivity index (χ3n) is 3.95. The van der Waals surface area contributed by atoms with Crippen LogP contribution in [0.3, 0.4) is 0 Å². The Morgan fingerprint density at radius 3 is 2.80 bits per heavy atom. The zero-order valence-corrected chi connectivity index (χ0v) is 14.4. The molecule has 0 spiro atoms. The van der Waals surface area contributed by atoms with Crippen molar-refractivity contribution in [3.63, 3.8) is 0 Å². The number of fused-ring (bicyclic) bond motifs is 1. The Morgan fingerprint density at radius 2 is 2.08 bits per heavy atom. The van der Waals surface area contributed by atoms with E-state index in [2.05, 4.69) is 20.3 Å². The zero-order chi connectivity index (χ0) is 17.8. The van der Waals surface area contributed by atoms with Crippen molar-refractivity contribution in [3.8, 4) is 11.4 Å². The van der Waals surface area contributed by atoms with Crippen LogP contribution in [0.4, 0.5) is 0 Å². The van der Waals surface area contributed by atoms with Crippen LogP contribution in [0.25, 0.3) is 11.4 Å². The van der Waals surface area contributed by atoms with E-state index in [9.17, 15) is 9.59 Å². The fourth-order valence-corrected chi connectivity index (χ4v) is 2.83. The first kappa shape index (κ1) is 17.0. The first-order chi connectivity index (χ1) is 12.0. The number of nitrogens with one attached hydrogen (secondary N) is 1. The van der Waals surface area contributed by atoms with Gasteiger partial charge in [0.1, 0.15) is 0 Å². The van der Waals surface area contributed by atoms with Gasteiger partial charge in [-0.05, 0) is 38.8 Å². The molecule has 0 aromatic carbocycles. The quantitative estimate of drug-likeness (QED) is 0.911. The first-order valence-corrected chi connectivity index (χ1v) is 8.39. The predicted octanol–water partition coefficient (Wildman–Crippen LogP) is 1.45. The van der Waals surface area contributed by atoms with Crippen molar-refractivity contribution in [1.29, 1.82) is 0 Å². The lowest BCUT2D eigenvalue weighted by Crippen LogP contribution is -2.42. The van der Waals surface area contributed by atoms with E-state index < -0.39 is 0 Å². The molecule has 0 atom stereocenters. The number of aromatic nitrogens is 3. The van der Waals surface area contributed by atoms with Crippen LogP contribution in [-0.2, 0) is 11.2 Å². The highest BCUT2D eigenvalue weighted by Gasteiger charge is 2.26. The Kier molecular flexibility index (Phi) is 5.02. The number of pyridine rings is 1. The smallest absolute Gasteiger partial charge is 0.257 e. The Balaban J connectivity index is 1.82. The highest BCUT2D eigenvalue weighted by molar-refractivity contribution is 5.97. The molecule has 1 aliphatic heterocycles. The van der Waals surface area contributed by atoms with Crippen LogP contribution in [-0.4, -0.2) is 50.8 Å². The number of nitrogens with zero attached hydrogens (tertiary/aromatic N) is 4. The minimum Gasteiger partial charge on any atom is -0.352 e. The largest absolute Gasteiger partial charge is 0.352 e. The minimum atomic E-state index is -0.187. The summed E-state index contributed by atoms with van der Waals surface area (Å²) >= 11 is 0. The lowest BCUT2D eigenvalue weighted by atomic mass is 10.1. The van der Waals surface area contributed by atoms with Crippen LogP contribution >= 0.6 is 0 Å². The van der Waals surface area contributed by atoms with E-state index in [1.165, 1.54) is 0 Å². The molecule has 0 saturated heterocycles. The number of aryl methyl sites for hydroxylation is 1. The molecule has 1 N–H and O–H groups in total. The monoisotopic (exact) mass is 339 g/mol. The molecule has 0 radical (unpaired) electrons. The van der Waals surface area contributed by atoms with Crippen LogP contribution < -0.4 is 5.32 Å². The van der Waals surface area contributed by atoms with Crippen molar-refractivity contribution in [3.05, 3.63) is 42.0 Å². The molecule has 0 bridgehead atoms. The number of carbonyl (C=O) groups is 2. The normalized spacial score (nSPS) is 14.2. The van der Waals surface area contributed by atoms with E-state index >= 15 is 0 Å². The number of rotatable bonds is 4. The summed E-state index contributed by atoms with van der Waals surface area (Å²) in [6.45, 7) is 4.38. The summed E-state index contributed by atoms with van der Waals surface area (Å²) in [7, 11) is 0. The fraction of sp³-hybridized carbons (Fsp3) is 0.389. The van der Waals surface area contributed by atoms with Gasteiger partial charge in [-0.2, -0.15) is 0 Å². The van der Waals surface area contributed by atoms with Gasteiger partial charge in [-0.25, -0.2) is 9.97 Å². The molecule has 25 heavy (non-hydrogen) atoms. The second-order valence-corrected chi connectivity index (χ2v) is 6.34. The van der Waals surface area contributed by atoms with Crippen molar-refractivity contribution >= 4 is 11.8 Å². The predicted molar refractivity (Wildman–Crippen MR) is 92.8 cm³/mol. The Hall–Kier alpha value is -2.83. The minimum absolute atomic E-state index is 0.0492. The molecule has 3 heterocycles. The Morgan fingerprint density at radius 1 is 1.32 bits per heavy atom. The molecule has 7 nitrogen and oxygen atoms in total. The molecule has 0 fully saturated rings. The number of amides is 2. The van der Waals surface area contributed by atoms with Gasteiger partial charge < -0.3 is 10.2 Å². The van der Waals surface area contributed by atoms with E-state index in [1.54, 1.807) is 23.5 Å². The van der Waals surface area contributed by atoms with Crippen LogP contribution in [0.15, 0.2) is 30.7 Å². The highest BCUT2D eigenvalue weighted by atomic mass is 16.2. The van der Waals surface area contributed by atoms with Crippen molar-refractivity contribution in [2.45, 2.75) is 32.7 Å². The van der Waals surface area contributed by atoms with Crippen molar-refractivity contribution in [2.24, 2.45) is 0 Å². The van der Waals surface area contributed by atoms with Crippen molar-refractivity contribution < 1.29 is 9.59 Å². The molecule has 0 saturated carbocycles. The molecule has 1 aliphatic rings. The number of hydrogen-bond donors (Lipinski definition) is 1. The maximum absolute atomic E-state index is 12.8. The fourth-order valence-electron chi connectivity index (χ4n) is 2.83. The average molecular weight is 339 g/mol. The first-order valence-electron chi connectivity index (χ1n) is 8.39. The Labute approximate surface area is 146 Å². The zero-order valence-electron chi connectivity index (χ0n) is 14.4. The molecule has 7 heteroatoms. The van der Waals surface area contributed by atoms with Gasteiger partial charge in [0.15, 0.2) is 5.82 Å². The lowest BCUT2D eigenvalue weighted by molar-refractivity contribution is -0.122. The molecule has 0 unspecified atom stereocenters. The van der Waals surface area contributed by atoms with Crippen LogP contribution in [0, 0.1) is 0 Å². The maximum atomic E-state index is 12.8. The second-order valence-electron chi connectivity index (χ2n) is 6.34. The van der Waals surface area contributed by atoms with E-state index in [0.717, 1.165) is 17.7 Å². The van der Waals surface area contributed by atoms with Gasteiger partial charge in [0.25, 0.3) is 5.91 Å². The summed E-state index contributed by atoms with van der Waals surface area (Å²) in [6, 6.07) is 3.72. The van der Waals surface area contributed by atoms with Gasteiger partial charge in [-0.3, -0.25) is 14.6 Å². The molecule has 2 aromatic heterocycles. The summed E-state index contributed by atoms with van der Waals surface area (Å²) in [5.74, 6) is 0.244. The van der Waals surface area contributed by atoms with Gasteiger partial charge in [0.2, 0.25) is 5.91 Å². The van der Waals surface area contributed by atoms with E-state index in [4.69, 9.17) is 0 Å². The topological polar surface area (TPSA) is 88.1 Å². The molecule has 130 valence electrons. The number of hydrogen-bond acceptors (Lipinski definition) is 5. The van der Waals surface area contributed by atoms with Gasteiger partial charge >= 0.3 is 0 Å². The summed E-state index contributed by atoms with van der Waals surface area (Å²) in [6.07, 6.45) is 6.39. The van der Waals surface area contributed by atoms with E-state index in [0.29, 0.717) is 24.4 Å². The Bertz CT molecular complexity index is 776. The molecular weight excluding hydrogens is 318 g/mol. The van der Waals surface area contributed by atoms with Gasteiger partial charge in [0, 0.05) is 36.7 Å². The SMILES string of the molecule is CC(C)NC(=O)CN1CCCc2nc(-c3ccncc3)ncc2C1=O. The number of carbonyl (C=O) groups excluding carboxylic acids is 2. The molecule has 3 rings (SSSR count). The standard InChI is InChI=1S/C18H21N5O2/c1-12(2)21-16(24)11-23-9-3-4-15-14(18(23)25)10-20-17(22-15)13-5-7-19-8-6-13/h5-8,10,12H,3-4,9,11H2,1-2H3,(H,21,24). The third kappa shape index (κ3) is 3.99. The summed E-state index contributed by atoms with van der Waals surface area (Å²) < 4.78 is 0. The van der Waals surface area contributed by atoms with E-state index in [-0.39, 0.29) is 24.4 Å². The molecule has 2 amide bonds. The van der Waals surface area contributed by atoms with E-state index in [1.807, 2.05) is 26.0 Å². The summed E-state index contributed by atoms with van der Waals surface area (Å²) in [5.41, 5.74) is 2.08. The van der Waals surface area contributed by atoms with Crippen LogP contribution in [0.2, 0.25) is 0 Å².